The third-order valence-electron chi connectivity index (χ3n) is 1.13. The first-order valence-electron chi connectivity index (χ1n) is 2.58. The lowest BCUT2D eigenvalue weighted by Crippen LogP contribution is -1.89. The van der Waals surface area contributed by atoms with Gasteiger partial charge >= 0.3 is 0 Å². The largest absolute Gasteiger partial charge is 0.695 e. The Labute approximate surface area is 56.4 Å². The van der Waals surface area contributed by atoms with Crippen LogP contribution in [0.25, 0.3) is 5.73 Å². The van der Waals surface area contributed by atoms with Gasteiger partial charge in [0.2, 0.25) is 0 Å². The van der Waals surface area contributed by atoms with Crippen molar-refractivity contribution in [3.8, 4) is 0 Å². The van der Waals surface area contributed by atoms with Crippen LogP contribution in [-0.2, 0) is 0 Å². The van der Waals surface area contributed by atoms with E-state index in [1.807, 2.05) is 0 Å². The lowest BCUT2D eigenvalue weighted by atomic mass is 10.2. The summed E-state index contributed by atoms with van der Waals surface area (Å²) in [6.07, 6.45) is 0. The molecule has 1 rings (SSSR count). The fourth-order valence-electron chi connectivity index (χ4n) is 0.566. The zero-order chi connectivity index (χ0) is 7.72. The highest BCUT2D eigenvalue weighted by atomic mass is 19.2. The molecule has 0 heterocycles. The van der Waals surface area contributed by atoms with Crippen LogP contribution in [0.5, 0.6) is 0 Å². The van der Waals surface area contributed by atoms with Gasteiger partial charge in [-0.1, -0.05) is 5.69 Å². The molecule has 1 aromatic carbocycles. The van der Waals surface area contributed by atoms with Crippen molar-refractivity contribution in [2.45, 2.75) is 0 Å². The number of anilines is 1. The Morgan fingerprint density at radius 1 is 1.30 bits per heavy atom. The number of hydrogen-bond donors (Lipinski definition) is 1. The van der Waals surface area contributed by atoms with Crippen LogP contribution < -0.4 is 5.73 Å². The van der Waals surface area contributed by atoms with E-state index in [2.05, 4.69) is 0 Å². The highest BCUT2D eigenvalue weighted by Gasteiger charge is 2.01. The van der Waals surface area contributed by atoms with Gasteiger partial charge in [-0.15, -0.1) is 0 Å². The summed E-state index contributed by atoms with van der Waals surface area (Å²) in [5.74, 6) is -2.24. The van der Waals surface area contributed by atoms with Crippen LogP contribution in [0, 0.1) is 11.6 Å². The highest BCUT2D eigenvalue weighted by molar-refractivity contribution is 5.66. The molecule has 0 aromatic heterocycles. The molecular weight excluding hydrogens is 138 g/mol. The van der Waals surface area contributed by atoms with Crippen LogP contribution in [0.4, 0.5) is 20.2 Å². The second-order valence-electron chi connectivity index (χ2n) is 1.83. The molecule has 1 aromatic rings. The van der Waals surface area contributed by atoms with Crippen molar-refractivity contribution in [3.05, 3.63) is 29.5 Å². The van der Waals surface area contributed by atoms with E-state index in [0.29, 0.717) is 0 Å². The molecule has 4 heteroatoms. The van der Waals surface area contributed by atoms with Crippen LogP contribution in [0.15, 0.2) is 12.1 Å². The van der Waals surface area contributed by atoms with E-state index in [0.717, 1.165) is 12.1 Å². The van der Waals surface area contributed by atoms with E-state index in [1.165, 1.54) is 0 Å². The van der Waals surface area contributed by atoms with E-state index < -0.39 is 17.3 Å². The summed E-state index contributed by atoms with van der Waals surface area (Å²) in [5, 5.41) is 0. The van der Waals surface area contributed by atoms with Gasteiger partial charge in [-0.05, 0) is 12.1 Å². The fraction of sp³-hybridized carbons (Fsp3) is 0. The Bertz CT molecular complexity index is 233. The number of rotatable bonds is 0. The summed E-state index contributed by atoms with van der Waals surface area (Å²) < 4.78 is 24.6. The monoisotopic (exact) mass is 143 g/mol. The Hall–Kier alpha value is -1.32. The Morgan fingerprint density at radius 3 is 2.40 bits per heavy atom. The minimum Gasteiger partial charge on any atom is -0.695 e. The van der Waals surface area contributed by atoms with Crippen LogP contribution in [0.1, 0.15) is 0 Å². The van der Waals surface area contributed by atoms with Crippen LogP contribution in [-0.4, -0.2) is 0 Å². The van der Waals surface area contributed by atoms with Crippen LogP contribution >= 0.6 is 0 Å². The zero-order valence-corrected chi connectivity index (χ0v) is 4.99. The molecule has 2 nitrogen and oxygen atoms in total. The third-order valence-corrected chi connectivity index (χ3v) is 1.13. The molecule has 0 atom stereocenters. The molecule has 0 unspecified atom stereocenters. The molecule has 0 spiro atoms. The number of benzene rings is 1. The van der Waals surface area contributed by atoms with Gasteiger partial charge in [0.05, 0.1) is 0 Å². The number of nitrogens with one attached hydrogen (secondary N) is 1. The quantitative estimate of drug-likeness (QED) is 0.556. The van der Waals surface area contributed by atoms with Gasteiger partial charge in [0.15, 0.2) is 5.82 Å². The van der Waals surface area contributed by atoms with Crippen molar-refractivity contribution in [3.63, 3.8) is 0 Å². The average molecular weight is 143 g/mol. The molecule has 0 aliphatic heterocycles. The number of hydrogen-bond acceptors (Lipinski definition) is 1. The molecule has 3 N–H and O–H groups in total. The predicted molar refractivity (Wildman–Crippen MR) is 34.8 cm³/mol. The minimum absolute atomic E-state index is 0.0566. The van der Waals surface area contributed by atoms with Crippen LogP contribution in [0.2, 0.25) is 0 Å². The van der Waals surface area contributed by atoms with Gasteiger partial charge in [-0.3, -0.25) is 0 Å². The van der Waals surface area contributed by atoms with E-state index in [1.54, 1.807) is 0 Å². The molecule has 0 radical (unpaired) electrons. The smallest absolute Gasteiger partial charge is 0.157 e. The number of nitrogen functional groups attached to an aromatic ring is 1. The van der Waals surface area contributed by atoms with Crippen molar-refractivity contribution in [2.24, 2.45) is 0 Å². The lowest BCUT2D eigenvalue weighted by molar-refractivity contribution is 0.513. The summed E-state index contributed by atoms with van der Waals surface area (Å²) in [5.41, 5.74) is 11.3. The number of nitrogens with two attached hydrogens (primary N) is 1. The maximum absolute atomic E-state index is 12.3. The molecule has 0 fully saturated rings. The lowest BCUT2D eigenvalue weighted by Gasteiger charge is -2.08. The second kappa shape index (κ2) is 2.13. The molecule has 0 saturated heterocycles. The molecular formula is C6H5F2N2-. The average Bonchev–Trinajstić information content (AvgIpc) is 1.93. The van der Waals surface area contributed by atoms with Crippen molar-refractivity contribution in [1.82, 2.24) is 0 Å². The molecule has 0 bridgehead atoms. The fourth-order valence-corrected chi connectivity index (χ4v) is 0.566. The summed E-state index contributed by atoms with van der Waals surface area (Å²) in [6.45, 7) is 0. The summed E-state index contributed by atoms with van der Waals surface area (Å²) >= 11 is 0. The molecule has 0 aliphatic carbocycles. The minimum atomic E-state index is -1.19. The predicted octanol–water partition coefficient (Wildman–Crippen LogP) is 2.23. The first-order valence-corrected chi connectivity index (χ1v) is 2.58. The standard InChI is InChI=1S/C6H5F2N2/c7-3-1-2-4(9)6(10)5(3)8/h1-2,10H,9H2/q-1. The molecule has 0 saturated carbocycles. The number of halogens is 2. The first-order chi connectivity index (χ1) is 4.63. The first kappa shape index (κ1) is 6.80. The summed E-state index contributed by atoms with van der Waals surface area (Å²) in [4.78, 5) is 0. The highest BCUT2D eigenvalue weighted by Crippen LogP contribution is 2.25. The summed E-state index contributed by atoms with van der Waals surface area (Å²) in [6, 6.07) is 2.05. The van der Waals surface area contributed by atoms with Gasteiger partial charge in [-0.25, -0.2) is 8.78 Å². The Morgan fingerprint density at radius 2 is 1.90 bits per heavy atom. The SMILES string of the molecule is [NH-]c1c(N)ccc(F)c1F. The Kier molecular flexibility index (Phi) is 1.45. The van der Waals surface area contributed by atoms with Gasteiger partial charge in [0.1, 0.15) is 5.82 Å². The van der Waals surface area contributed by atoms with Crippen molar-refractivity contribution >= 4 is 11.4 Å². The molecule has 0 amide bonds. The van der Waals surface area contributed by atoms with Gasteiger partial charge < -0.3 is 11.5 Å². The van der Waals surface area contributed by atoms with Gasteiger partial charge in [0.25, 0.3) is 0 Å². The molecule has 54 valence electrons. The Balaban J connectivity index is 3.34. The third kappa shape index (κ3) is 0.877. The van der Waals surface area contributed by atoms with Crippen LogP contribution in [0.3, 0.4) is 0 Å². The van der Waals surface area contributed by atoms with E-state index >= 15 is 0 Å². The topological polar surface area (TPSA) is 49.8 Å². The van der Waals surface area contributed by atoms with Gasteiger partial charge in [-0.2, -0.15) is 0 Å². The molecule has 0 aliphatic rings. The van der Waals surface area contributed by atoms with E-state index in [4.69, 9.17) is 11.5 Å². The second-order valence-corrected chi connectivity index (χ2v) is 1.83. The maximum atomic E-state index is 12.3. The van der Waals surface area contributed by atoms with Crippen molar-refractivity contribution in [2.75, 3.05) is 5.73 Å². The van der Waals surface area contributed by atoms with Crippen molar-refractivity contribution < 1.29 is 8.78 Å². The zero-order valence-electron chi connectivity index (χ0n) is 4.99. The van der Waals surface area contributed by atoms with Gasteiger partial charge in [0, 0.05) is 5.69 Å². The normalized spacial score (nSPS) is 9.80. The van der Waals surface area contributed by atoms with E-state index in [9.17, 15) is 8.78 Å². The summed E-state index contributed by atoms with van der Waals surface area (Å²) in [7, 11) is 0. The van der Waals surface area contributed by atoms with E-state index in [-0.39, 0.29) is 5.69 Å². The molecule has 10 heavy (non-hydrogen) atoms. The maximum Gasteiger partial charge on any atom is 0.157 e. The van der Waals surface area contributed by atoms with Crippen molar-refractivity contribution in [1.29, 1.82) is 0 Å².